The van der Waals surface area contributed by atoms with E-state index in [9.17, 15) is 9.90 Å². The summed E-state index contributed by atoms with van der Waals surface area (Å²) < 4.78 is 0. The Balaban J connectivity index is 1.58. The third-order valence-corrected chi connectivity index (χ3v) is 5.65. The van der Waals surface area contributed by atoms with E-state index in [0.717, 1.165) is 36.8 Å². The monoisotopic (exact) mass is 351 g/mol. The first kappa shape index (κ1) is 18.7. The number of hydrogen-bond donors (Lipinski definition) is 2. The zero-order valence-electron chi connectivity index (χ0n) is 15.7. The number of nitrogens with one attached hydrogen (secondary N) is 1. The van der Waals surface area contributed by atoms with Crippen LogP contribution in [-0.4, -0.2) is 17.1 Å². The van der Waals surface area contributed by atoms with Gasteiger partial charge in [0.05, 0.1) is 18.1 Å². The van der Waals surface area contributed by atoms with Crippen LogP contribution in [0.5, 0.6) is 0 Å². The Hall–Kier alpha value is -2.13. The van der Waals surface area contributed by atoms with Crippen LogP contribution in [0, 0.1) is 5.92 Å². The summed E-state index contributed by atoms with van der Waals surface area (Å²) in [6.07, 6.45) is 3.94. The highest BCUT2D eigenvalue weighted by Gasteiger charge is 2.25. The number of rotatable bonds is 6. The van der Waals surface area contributed by atoms with Crippen LogP contribution >= 0.6 is 0 Å². The lowest BCUT2D eigenvalue weighted by atomic mass is 9.93. The van der Waals surface area contributed by atoms with Crippen LogP contribution in [0.25, 0.3) is 0 Å². The highest BCUT2D eigenvalue weighted by atomic mass is 16.3. The molecule has 0 aromatic heterocycles. The molecule has 1 fully saturated rings. The Kier molecular flexibility index (Phi) is 6.10. The molecule has 0 heterocycles. The number of aliphatic hydroxyl groups excluding tert-OH is 1. The lowest BCUT2D eigenvalue weighted by Gasteiger charge is -2.19. The standard InChI is InChI=1S/C23H29NO2/c1-16(23(26)24-17(2)20-7-4-3-5-8-20)19-13-11-18(12-14-19)15-21-9-6-10-22(21)25/h3-5,7-8,11-14,16-17,21-22,25H,6,9-10,15H2,1-2H3,(H,24,26)/t16?,17-,21-,22+/m0/s1. The van der Waals surface area contributed by atoms with Gasteiger partial charge in [0.25, 0.3) is 0 Å². The third-order valence-electron chi connectivity index (χ3n) is 5.65. The molecule has 2 N–H and O–H groups in total. The van der Waals surface area contributed by atoms with Crippen LogP contribution < -0.4 is 5.32 Å². The number of hydrogen-bond acceptors (Lipinski definition) is 2. The van der Waals surface area contributed by atoms with Crippen molar-refractivity contribution in [1.82, 2.24) is 5.32 Å². The summed E-state index contributed by atoms with van der Waals surface area (Å²) in [5, 5.41) is 13.1. The van der Waals surface area contributed by atoms with E-state index in [1.165, 1.54) is 5.56 Å². The lowest BCUT2D eigenvalue weighted by Crippen LogP contribution is -2.30. The summed E-state index contributed by atoms with van der Waals surface area (Å²) in [6, 6.07) is 18.3. The van der Waals surface area contributed by atoms with Crippen LogP contribution in [0.3, 0.4) is 0 Å². The van der Waals surface area contributed by atoms with Gasteiger partial charge >= 0.3 is 0 Å². The topological polar surface area (TPSA) is 49.3 Å². The smallest absolute Gasteiger partial charge is 0.227 e. The molecule has 1 amide bonds. The maximum atomic E-state index is 12.6. The van der Waals surface area contributed by atoms with Crippen molar-refractivity contribution in [3.05, 3.63) is 71.3 Å². The van der Waals surface area contributed by atoms with Gasteiger partial charge in [0.1, 0.15) is 0 Å². The summed E-state index contributed by atoms with van der Waals surface area (Å²) in [4.78, 5) is 12.6. The van der Waals surface area contributed by atoms with Gasteiger partial charge < -0.3 is 10.4 Å². The van der Waals surface area contributed by atoms with Crippen molar-refractivity contribution in [2.75, 3.05) is 0 Å². The van der Waals surface area contributed by atoms with E-state index in [0.29, 0.717) is 5.92 Å². The fourth-order valence-electron chi connectivity index (χ4n) is 3.82. The highest BCUT2D eigenvalue weighted by Crippen LogP contribution is 2.29. The molecule has 138 valence electrons. The van der Waals surface area contributed by atoms with Crippen molar-refractivity contribution >= 4 is 5.91 Å². The molecule has 4 atom stereocenters. The maximum absolute atomic E-state index is 12.6. The molecule has 0 bridgehead atoms. The summed E-state index contributed by atoms with van der Waals surface area (Å²) >= 11 is 0. The molecular weight excluding hydrogens is 322 g/mol. The molecule has 2 aromatic rings. The van der Waals surface area contributed by atoms with Gasteiger partial charge in [0.2, 0.25) is 5.91 Å². The number of carbonyl (C=O) groups is 1. The second-order valence-corrected chi connectivity index (χ2v) is 7.57. The molecule has 1 saturated carbocycles. The predicted molar refractivity (Wildman–Crippen MR) is 105 cm³/mol. The summed E-state index contributed by atoms with van der Waals surface area (Å²) in [5.74, 6) is 0.237. The van der Waals surface area contributed by atoms with E-state index in [2.05, 4.69) is 17.4 Å². The fraction of sp³-hybridized carbons (Fsp3) is 0.435. The van der Waals surface area contributed by atoms with Crippen molar-refractivity contribution in [3.8, 4) is 0 Å². The molecule has 0 saturated heterocycles. The molecule has 0 radical (unpaired) electrons. The number of benzene rings is 2. The van der Waals surface area contributed by atoms with Crippen molar-refractivity contribution in [2.24, 2.45) is 5.92 Å². The highest BCUT2D eigenvalue weighted by molar-refractivity contribution is 5.83. The van der Waals surface area contributed by atoms with Crippen molar-refractivity contribution in [1.29, 1.82) is 0 Å². The first-order chi connectivity index (χ1) is 12.5. The quantitative estimate of drug-likeness (QED) is 0.812. The minimum absolute atomic E-state index is 0.00530. The second kappa shape index (κ2) is 8.50. The molecule has 0 aliphatic heterocycles. The Morgan fingerprint density at radius 3 is 2.35 bits per heavy atom. The van der Waals surface area contributed by atoms with Gasteiger partial charge in [-0.2, -0.15) is 0 Å². The van der Waals surface area contributed by atoms with E-state index < -0.39 is 0 Å². The molecule has 3 nitrogen and oxygen atoms in total. The Labute approximate surface area is 156 Å². The maximum Gasteiger partial charge on any atom is 0.227 e. The molecule has 3 heteroatoms. The van der Waals surface area contributed by atoms with Gasteiger partial charge in [0.15, 0.2) is 0 Å². The normalized spacial score (nSPS) is 22.0. The zero-order chi connectivity index (χ0) is 18.5. The van der Waals surface area contributed by atoms with Crippen molar-refractivity contribution in [3.63, 3.8) is 0 Å². The largest absolute Gasteiger partial charge is 0.393 e. The van der Waals surface area contributed by atoms with Crippen LogP contribution in [0.1, 0.15) is 61.8 Å². The average Bonchev–Trinajstić information content (AvgIpc) is 3.07. The SMILES string of the molecule is CC(C(=O)N[C@@H](C)c1ccccc1)c1ccc(C[C@@H]2CCC[C@H]2O)cc1. The van der Waals surface area contributed by atoms with Gasteiger partial charge in [-0.1, -0.05) is 61.0 Å². The molecule has 1 aliphatic carbocycles. The molecule has 0 spiro atoms. The summed E-state index contributed by atoms with van der Waals surface area (Å²) in [6.45, 7) is 3.96. The van der Waals surface area contributed by atoms with Crippen LogP contribution in [0.4, 0.5) is 0 Å². The lowest BCUT2D eigenvalue weighted by molar-refractivity contribution is -0.122. The minimum atomic E-state index is -0.188. The first-order valence-corrected chi connectivity index (χ1v) is 9.67. The molecule has 3 rings (SSSR count). The van der Waals surface area contributed by atoms with Gasteiger partial charge in [-0.3, -0.25) is 4.79 Å². The fourth-order valence-corrected chi connectivity index (χ4v) is 3.82. The molecule has 2 aromatic carbocycles. The Morgan fingerprint density at radius 2 is 1.73 bits per heavy atom. The van der Waals surface area contributed by atoms with Crippen LogP contribution in [0.2, 0.25) is 0 Å². The summed E-state index contributed by atoms with van der Waals surface area (Å²) in [7, 11) is 0. The zero-order valence-corrected chi connectivity index (χ0v) is 15.7. The van der Waals surface area contributed by atoms with Crippen molar-refractivity contribution in [2.45, 2.75) is 57.6 Å². The number of aliphatic hydroxyl groups is 1. The third kappa shape index (κ3) is 4.53. The molecule has 26 heavy (non-hydrogen) atoms. The van der Waals surface area contributed by atoms with Crippen molar-refractivity contribution < 1.29 is 9.90 Å². The minimum Gasteiger partial charge on any atom is -0.393 e. The molecule has 1 aliphatic rings. The van der Waals surface area contributed by atoms with Crippen LogP contribution in [0.15, 0.2) is 54.6 Å². The number of carbonyl (C=O) groups excluding carboxylic acids is 1. The van der Waals surface area contributed by atoms with E-state index in [-0.39, 0.29) is 24.0 Å². The Bertz CT molecular complexity index is 711. The molecular formula is C23H29NO2. The van der Waals surface area contributed by atoms with Gasteiger partial charge in [0, 0.05) is 0 Å². The summed E-state index contributed by atoms with van der Waals surface area (Å²) in [5.41, 5.74) is 3.38. The second-order valence-electron chi connectivity index (χ2n) is 7.57. The van der Waals surface area contributed by atoms with E-state index in [4.69, 9.17) is 0 Å². The van der Waals surface area contributed by atoms with E-state index >= 15 is 0 Å². The van der Waals surface area contributed by atoms with E-state index in [1.807, 2.05) is 56.3 Å². The van der Waals surface area contributed by atoms with Gasteiger partial charge in [-0.15, -0.1) is 0 Å². The first-order valence-electron chi connectivity index (χ1n) is 9.67. The van der Waals surface area contributed by atoms with E-state index in [1.54, 1.807) is 0 Å². The van der Waals surface area contributed by atoms with Gasteiger partial charge in [-0.25, -0.2) is 0 Å². The predicted octanol–water partition coefficient (Wildman–Crippen LogP) is 4.37. The average molecular weight is 351 g/mol. The van der Waals surface area contributed by atoms with Crippen LogP contribution in [-0.2, 0) is 11.2 Å². The molecule has 1 unspecified atom stereocenters. The number of amides is 1. The van der Waals surface area contributed by atoms with Gasteiger partial charge in [-0.05, 0) is 55.7 Å². The Morgan fingerprint density at radius 1 is 1.04 bits per heavy atom.